The summed E-state index contributed by atoms with van der Waals surface area (Å²) in [5.74, 6) is 0.378. The molecule has 0 aromatic heterocycles. The highest BCUT2D eigenvalue weighted by molar-refractivity contribution is 5.30. The zero-order valence-electron chi connectivity index (χ0n) is 11.1. The van der Waals surface area contributed by atoms with E-state index in [1.165, 1.54) is 6.07 Å². The van der Waals surface area contributed by atoms with Gasteiger partial charge < -0.3 is 10.1 Å². The summed E-state index contributed by atoms with van der Waals surface area (Å²) in [6, 6.07) is 5.10. The molecule has 1 atom stereocenters. The van der Waals surface area contributed by atoms with E-state index in [1.807, 2.05) is 26.8 Å². The Bertz CT molecular complexity index is 352. The summed E-state index contributed by atoms with van der Waals surface area (Å²) in [5, 5.41) is 3.27. The van der Waals surface area contributed by atoms with E-state index in [2.05, 4.69) is 12.2 Å². The summed E-state index contributed by atoms with van der Waals surface area (Å²) in [6.07, 6.45) is 1.11. The van der Waals surface area contributed by atoms with Gasteiger partial charge in [-0.1, -0.05) is 13.0 Å². The Morgan fingerprint density at radius 3 is 2.53 bits per heavy atom. The van der Waals surface area contributed by atoms with Gasteiger partial charge in [-0.3, -0.25) is 0 Å². The molecule has 0 aliphatic heterocycles. The average Bonchev–Trinajstić information content (AvgIpc) is 2.25. The summed E-state index contributed by atoms with van der Waals surface area (Å²) >= 11 is 0. The van der Waals surface area contributed by atoms with Crippen molar-refractivity contribution in [3.8, 4) is 5.75 Å². The van der Waals surface area contributed by atoms with E-state index in [0.29, 0.717) is 11.3 Å². The fourth-order valence-electron chi connectivity index (χ4n) is 1.68. The van der Waals surface area contributed by atoms with Gasteiger partial charge in [0.15, 0.2) is 0 Å². The maximum absolute atomic E-state index is 13.9. The first-order chi connectivity index (χ1) is 8.04. The average molecular weight is 239 g/mol. The van der Waals surface area contributed by atoms with Crippen LogP contribution in [0.1, 0.15) is 45.7 Å². The van der Waals surface area contributed by atoms with Gasteiger partial charge in [0.2, 0.25) is 0 Å². The molecular weight excluding hydrogens is 217 g/mol. The van der Waals surface area contributed by atoms with Gasteiger partial charge in [-0.15, -0.1) is 0 Å². The predicted octanol–water partition coefficient (Wildman–Crippen LogP) is 3.67. The van der Waals surface area contributed by atoms with E-state index < -0.39 is 0 Å². The van der Waals surface area contributed by atoms with Crippen LogP contribution in [-0.4, -0.2) is 12.6 Å². The maximum atomic E-state index is 13.9. The van der Waals surface area contributed by atoms with Crippen LogP contribution in [0, 0.1) is 5.82 Å². The monoisotopic (exact) mass is 239 g/mol. The summed E-state index contributed by atoms with van der Waals surface area (Å²) in [4.78, 5) is 0. The van der Waals surface area contributed by atoms with Crippen molar-refractivity contribution in [2.45, 2.75) is 46.3 Å². The molecule has 0 saturated carbocycles. The molecule has 96 valence electrons. The van der Waals surface area contributed by atoms with Gasteiger partial charge in [-0.05, 0) is 39.8 Å². The fourth-order valence-corrected chi connectivity index (χ4v) is 1.68. The summed E-state index contributed by atoms with van der Waals surface area (Å²) in [5.41, 5.74) is 0.689. The quantitative estimate of drug-likeness (QED) is 0.817. The van der Waals surface area contributed by atoms with Crippen LogP contribution in [0.15, 0.2) is 18.2 Å². The first-order valence-corrected chi connectivity index (χ1v) is 6.24. The lowest BCUT2D eigenvalue weighted by Gasteiger charge is -2.16. The Labute approximate surface area is 103 Å². The van der Waals surface area contributed by atoms with Crippen LogP contribution >= 0.6 is 0 Å². The van der Waals surface area contributed by atoms with Crippen molar-refractivity contribution in [2.24, 2.45) is 0 Å². The fraction of sp³-hybridized carbons (Fsp3) is 0.571. The molecule has 3 heteroatoms. The molecule has 2 nitrogen and oxygen atoms in total. The van der Waals surface area contributed by atoms with Crippen molar-refractivity contribution < 1.29 is 9.13 Å². The van der Waals surface area contributed by atoms with Gasteiger partial charge in [0.05, 0.1) is 6.10 Å². The lowest BCUT2D eigenvalue weighted by atomic mass is 10.1. The Morgan fingerprint density at radius 2 is 2.00 bits per heavy atom. The van der Waals surface area contributed by atoms with E-state index in [0.717, 1.165) is 13.0 Å². The number of hydrogen-bond acceptors (Lipinski definition) is 2. The zero-order valence-corrected chi connectivity index (χ0v) is 11.1. The molecule has 1 unspecified atom stereocenters. The first kappa shape index (κ1) is 14.0. The lowest BCUT2D eigenvalue weighted by molar-refractivity contribution is 0.241. The van der Waals surface area contributed by atoms with Crippen molar-refractivity contribution >= 4 is 0 Å². The normalized spacial score (nSPS) is 12.8. The van der Waals surface area contributed by atoms with Crippen LogP contribution in [0.5, 0.6) is 5.75 Å². The predicted molar refractivity (Wildman–Crippen MR) is 68.9 cm³/mol. The molecule has 0 aliphatic carbocycles. The highest BCUT2D eigenvalue weighted by Gasteiger charge is 2.11. The number of halogens is 1. The van der Waals surface area contributed by atoms with Gasteiger partial charge in [0.25, 0.3) is 0 Å². The highest BCUT2D eigenvalue weighted by Crippen LogP contribution is 2.22. The summed E-state index contributed by atoms with van der Waals surface area (Å²) < 4.78 is 19.3. The molecule has 1 rings (SSSR count). The van der Waals surface area contributed by atoms with Gasteiger partial charge in [0, 0.05) is 17.7 Å². The van der Waals surface area contributed by atoms with Crippen LogP contribution in [0.2, 0.25) is 0 Å². The van der Waals surface area contributed by atoms with E-state index in [4.69, 9.17) is 4.74 Å². The van der Waals surface area contributed by atoms with Crippen molar-refractivity contribution in [2.75, 3.05) is 6.54 Å². The second-order valence-corrected chi connectivity index (χ2v) is 4.53. The standard InChI is InChI=1S/C14H22FNO/c1-5-8-16-11(4)13-7-6-12(9-14(13)15)17-10(2)3/h6-7,9-11,16H,5,8H2,1-4H3. The van der Waals surface area contributed by atoms with Crippen molar-refractivity contribution in [3.63, 3.8) is 0 Å². The molecule has 0 bridgehead atoms. The minimum absolute atomic E-state index is 0.0306. The van der Waals surface area contributed by atoms with Crippen LogP contribution in [0.25, 0.3) is 0 Å². The molecule has 1 aromatic carbocycles. The van der Waals surface area contributed by atoms with E-state index in [9.17, 15) is 4.39 Å². The third kappa shape index (κ3) is 4.35. The van der Waals surface area contributed by atoms with Crippen LogP contribution in [-0.2, 0) is 0 Å². The smallest absolute Gasteiger partial charge is 0.131 e. The Morgan fingerprint density at radius 1 is 1.29 bits per heavy atom. The van der Waals surface area contributed by atoms with E-state index in [1.54, 1.807) is 6.07 Å². The molecule has 0 radical (unpaired) electrons. The van der Waals surface area contributed by atoms with Crippen molar-refractivity contribution in [3.05, 3.63) is 29.6 Å². The molecular formula is C14H22FNO. The van der Waals surface area contributed by atoms with Crippen LogP contribution < -0.4 is 10.1 Å². The highest BCUT2D eigenvalue weighted by atomic mass is 19.1. The second-order valence-electron chi connectivity index (χ2n) is 4.53. The largest absolute Gasteiger partial charge is 0.491 e. The van der Waals surface area contributed by atoms with Crippen LogP contribution in [0.4, 0.5) is 4.39 Å². The number of benzene rings is 1. The molecule has 0 spiro atoms. The molecule has 1 aromatic rings. The van der Waals surface area contributed by atoms with Gasteiger partial charge in [-0.25, -0.2) is 4.39 Å². The Hall–Kier alpha value is -1.09. The Balaban J connectivity index is 2.74. The minimum atomic E-state index is -0.209. The molecule has 0 heterocycles. The van der Waals surface area contributed by atoms with Crippen LogP contribution in [0.3, 0.4) is 0 Å². The minimum Gasteiger partial charge on any atom is -0.491 e. The van der Waals surface area contributed by atoms with Gasteiger partial charge in [-0.2, -0.15) is 0 Å². The number of rotatable bonds is 6. The number of nitrogens with one attached hydrogen (secondary N) is 1. The zero-order chi connectivity index (χ0) is 12.8. The molecule has 17 heavy (non-hydrogen) atoms. The molecule has 0 fully saturated rings. The van der Waals surface area contributed by atoms with E-state index >= 15 is 0 Å². The number of ether oxygens (including phenoxy) is 1. The first-order valence-electron chi connectivity index (χ1n) is 6.24. The van der Waals surface area contributed by atoms with Gasteiger partial charge in [0.1, 0.15) is 11.6 Å². The maximum Gasteiger partial charge on any atom is 0.131 e. The van der Waals surface area contributed by atoms with Crippen molar-refractivity contribution in [1.29, 1.82) is 0 Å². The Kier molecular flexibility index (Phi) is 5.42. The SMILES string of the molecule is CCCNC(C)c1ccc(OC(C)C)cc1F. The second kappa shape index (κ2) is 6.60. The van der Waals surface area contributed by atoms with Crippen molar-refractivity contribution in [1.82, 2.24) is 5.32 Å². The lowest BCUT2D eigenvalue weighted by Crippen LogP contribution is -2.20. The van der Waals surface area contributed by atoms with E-state index in [-0.39, 0.29) is 18.0 Å². The third-order valence-electron chi connectivity index (χ3n) is 2.51. The molecule has 1 N–H and O–H groups in total. The number of hydrogen-bond donors (Lipinski definition) is 1. The van der Waals surface area contributed by atoms with Gasteiger partial charge >= 0.3 is 0 Å². The molecule has 0 aliphatic rings. The molecule has 0 saturated heterocycles. The molecule has 0 amide bonds. The summed E-state index contributed by atoms with van der Waals surface area (Å²) in [6.45, 7) is 8.81. The topological polar surface area (TPSA) is 21.3 Å². The summed E-state index contributed by atoms with van der Waals surface area (Å²) in [7, 11) is 0. The third-order valence-corrected chi connectivity index (χ3v) is 2.51.